The first kappa shape index (κ1) is 12.2. The van der Waals surface area contributed by atoms with E-state index in [9.17, 15) is 8.42 Å². The van der Waals surface area contributed by atoms with Crippen molar-refractivity contribution in [2.45, 2.75) is 12.2 Å². The molecule has 15 heavy (non-hydrogen) atoms. The number of nitrogens with one attached hydrogen (secondary N) is 1. The van der Waals surface area contributed by atoms with Crippen molar-refractivity contribution in [3.63, 3.8) is 0 Å². The van der Waals surface area contributed by atoms with Gasteiger partial charge in [-0.1, -0.05) is 30.3 Å². The molecule has 1 aromatic carbocycles. The third-order valence-corrected chi connectivity index (χ3v) is 3.80. The lowest BCUT2D eigenvalue weighted by molar-refractivity contribution is 0.591. The molecule has 0 spiro atoms. The fourth-order valence-corrected chi connectivity index (χ4v) is 2.80. The number of hydrogen-bond acceptors (Lipinski definition) is 3. The average Bonchev–Trinajstić information content (AvgIpc) is 2.18. The first-order valence-electron chi connectivity index (χ1n) is 5.03. The lowest BCUT2D eigenvalue weighted by Crippen LogP contribution is -2.15. The summed E-state index contributed by atoms with van der Waals surface area (Å²) in [7, 11) is -1.12. The molecular formula is C11H17NO2S. The quantitative estimate of drug-likeness (QED) is 0.743. The topological polar surface area (TPSA) is 46.2 Å². The molecule has 0 aromatic heterocycles. The Morgan fingerprint density at radius 2 is 1.87 bits per heavy atom. The highest BCUT2D eigenvalue weighted by atomic mass is 32.2. The van der Waals surface area contributed by atoms with Crippen LogP contribution >= 0.6 is 0 Å². The molecule has 4 heteroatoms. The van der Waals surface area contributed by atoms with Crippen LogP contribution in [0, 0.1) is 0 Å². The van der Waals surface area contributed by atoms with Crippen LogP contribution < -0.4 is 5.32 Å². The van der Waals surface area contributed by atoms with Crippen molar-refractivity contribution >= 4 is 9.84 Å². The van der Waals surface area contributed by atoms with Crippen LogP contribution in [-0.2, 0) is 15.6 Å². The summed E-state index contributed by atoms with van der Waals surface area (Å²) in [4.78, 5) is 0. The predicted molar refractivity (Wildman–Crippen MR) is 62.5 cm³/mol. The summed E-state index contributed by atoms with van der Waals surface area (Å²) in [5, 5.41) is 2.94. The second-order valence-electron chi connectivity index (χ2n) is 3.53. The van der Waals surface area contributed by atoms with Gasteiger partial charge >= 0.3 is 0 Å². The van der Waals surface area contributed by atoms with Gasteiger partial charge in [0.1, 0.15) is 0 Å². The number of sulfone groups is 1. The average molecular weight is 227 g/mol. The highest BCUT2D eigenvalue weighted by Gasteiger charge is 2.10. The molecule has 0 saturated carbocycles. The zero-order chi connectivity index (χ0) is 11.1. The first-order chi connectivity index (χ1) is 7.14. The van der Waals surface area contributed by atoms with E-state index in [2.05, 4.69) is 5.32 Å². The zero-order valence-electron chi connectivity index (χ0n) is 8.94. The Balaban J connectivity index is 2.50. The SMILES string of the molecule is CNCCCS(=O)(=O)Cc1ccccc1. The van der Waals surface area contributed by atoms with Crippen LogP contribution in [0.1, 0.15) is 12.0 Å². The van der Waals surface area contributed by atoms with Crippen molar-refractivity contribution in [1.82, 2.24) is 5.32 Å². The minimum atomic E-state index is -2.95. The van der Waals surface area contributed by atoms with Crippen molar-refractivity contribution in [3.05, 3.63) is 35.9 Å². The third-order valence-electron chi connectivity index (χ3n) is 2.11. The highest BCUT2D eigenvalue weighted by molar-refractivity contribution is 7.90. The van der Waals surface area contributed by atoms with E-state index in [-0.39, 0.29) is 11.5 Å². The van der Waals surface area contributed by atoms with E-state index in [1.807, 2.05) is 37.4 Å². The van der Waals surface area contributed by atoms with Gasteiger partial charge in [0.2, 0.25) is 0 Å². The van der Waals surface area contributed by atoms with Gasteiger partial charge in [-0.05, 0) is 25.6 Å². The van der Waals surface area contributed by atoms with Crippen LogP contribution in [0.4, 0.5) is 0 Å². The Morgan fingerprint density at radius 3 is 2.47 bits per heavy atom. The highest BCUT2D eigenvalue weighted by Crippen LogP contribution is 2.06. The van der Waals surface area contributed by atoms with Crippen molar-refractivity contribution in [1.29, 1.82) is 0 Å². The molecule has 1 rings (SSSR count). The van der Waals surface area contributed by atoms with E-state index in [1.54, 1.807) is 0 Å². The Bertz CT molecular complexity index is 373. The van der Waals surface area contributed by atoms with E-state index in [0.717, 1.165) is 12.1 Å². The third kappa shape index (κ3) is 4.95. The largest absolute Gasteiger partial charge is 0.320 e. The van der Waals surface area contributed by atoms with Gasteiger partial charge in [0, 0.05) is 0 Å². The van der Waals surface area contributed by atoms with Crippen molar-refractivity contribution < 1.29 is 8.42 Å². The Morgan fingerprint density at radius 1 is 1.20 bits per heavy atom. The maximum atomic E-state index is 11.6. The molecular weight excluding hydrogens is 210 g/mol. The fraction of sp³-hybridized carbons (Fsp3) is 0.455. The molecule has 0 aliphatic heterocycles. The molecule has 0 atom stereocenters. The summed E-state index contributed by atoms with van der Waals surface area (Å²) in [6, 6.07) is 9.29. The molecule has 0 heterocycles. The van der Waals surface area contributed by atoms with Gasteiger partial charge in [-0.2, -0.15) is 0 Å². The van der Waals surface area contributed by atoms with Gasteiger partial charge < -0.3 is 5.32 Å². The number of benzene rings is 1. The van der Waals surface area contributed by atoms with Crippen LogP contribution in [0.3, 0.4) is 0 Å². The summed E-state index contributed by atoms with van der Waals surface area (Å²) in [5.41, 5.74) is 0.863. The van der Waals surface area contributed by atoms with Crippen LogP contribution in [0.5, 0.6) is 0 Å². The van der Waals surface area contributed by atoms with E-state index < -0.39 is 9.84 Å². The molecule has 3 nitrogen and oxygen atoms in total. The van der Waals surface area contributed by atoms with Crippen molar-refractivity contribution in [2.75, 3.05) is 19.3 Å². The van der Waals surface area contributed by atoms with Gasteiger partial charge in [0.15, 0.2) is 9.84 Å². The van der Waals surface area contributed by atoms with E-state index in [1.165, 1.54) is 0 Å². The Labute approximate surface area is 91.4 Å². The second-order valence-corrected chi connectivity index (χ2v) is 5.72. The second kappa shape index (κ2) is 5.88. The molecule has 0 aliphatic rings. The van der Waals surface area contributed by atoms with Crippen LogP contribution in [-0.4, -0.2) is 27.8 Å². The van der Waals surface area contributed by atoms with Gasteiger partial charge in [-0.3, -0.25) is 0 Å². The standard InChI is InChI=1S/C11H17NO2S/c1-12-8-5-9-15(13,14)10-11-6-3-2-4-7-11/h2-4,6-7,12H,5,8-10H2,1H3. The Kier molecular flexibility index (Phi) is 4.78. The predicted octanol–water partition coefficient (Wildman–Crippen LogP) is 1.21. The minimum Gasteiger partial charge on any atom is -0.320 e. The van der Waals surface area contributed by atoms with E-state index in [4.69, 9.17) is 0 Å². The molecule has 0 amide bonds. The van der Waals surface area contributed by atoms with Crippen LogP contribution in [0.2, 0.25) is 0 Å². The molecule has 0 saturated heterocycles. The van der Waals surface area contributed by atoms with Crippen LogP contribution in [0.15, 0.2) is 30.3 Å². The number of rotatable bonds is 6. The summed E-state index contributed by atoms with van der Waals surface area (Å²) >= 11 is 0. The maximum Gasteiger partial charge on any atom is 0.154 e. The summed E-state index contributed by atoms with van der Waals surface area (Å²) in [6.45, 7) is 0.744. The van der Waals surface area contributed by atoms with E-state index >= 15 is 0 Å². The van der Waals surface area contributed by atoms with E-state index in [0.29, 0.717) is 6.42 Å². The Hall–Kier alpha value is -0.870. The van der Waals surface area contributed by atoms with Gasteiger partial charge in [0.05, 0.1) is 11.5 Å². The van der Waals surface area contributed by atoms with Crippen molar-refractivity contribution in [2.24, 2.45) is 0 Å². The van der Waals surface area contributed by atoms with Gasteiger partial charge in [0.25, 0.3) is 0 Å². The molecule has 0 bridgehead atoms. The summed E-state index contributed by atoms with van der Waals surface area (Å²) in [6.07, 6.45) is 0.672. The molecule has 1 aromatic rings. The lowest BCUT2D eigenvalue weighted by atomic mass is 10.2. The first-order valence-corrected chi connectivity index (χ1v) is 6.85. The summed E-state index contributed by atoms with van der Waals surface area (Å²) in [5.74, 6) is 0.403. The fourth-order valence-electron chi connectivity index (χ4n) is 1.37. The minimum absolute atomic E-state index is 0.150. The maximum absolute atomic E-state index is 11.6. The molecule has 0 aliphatic carbocycles. The number of hydrogen-bond donors (Lipinski definition) is 1. The zero-order valence-corrected chi connectivity index (χ0v) is 9.76. The van der Waals surface area contributed by atoms with Crippen LogP contribution in [0.25, 0.3) is 0 Å². The normalized spacial score (nSPS) is 11.5. The molecule has 0 radical (unpaired) electrons. The van der Waals surface area contributed by atoms with Gasteiger partial charge in [-0.25, -0.2) is 8.42 Å². The van der Waals surface area contributed by atoms with Crippen molar-refractivity contribution in [3.8, 4) is 0 Å². The van der Waals surface area contributed by atoms with Gasteiger partial charge in [-0.15, -0.1) is 0 Å². The smallest absolute Gasteiger partial charge is 0.154 e. The molecule has 0 fully saturated rings. The summed E-state index contributed by atoms with van der Waals surface area (Å²) < 4.78 is 23.3. The molecule has 0 unspecified atom stereocenters. The lowest BCUT2D eigenvalue weighted by Gasteiger charge is -2.04. The molecule has 1 N–H and O–H groups in total. The molecule has 84 valence electrons. The monoisotopic (exact) mass is 227 g/mol.